The number of sulfonamides is 1. The number of carbonyl (C=O) groups is 1. The normalized spacial score (nSPS) is 11.2. The molecule has 0 spiro atoms. The Labute approximate surface area is 149 Å². The predicted molar refractivity (Wildman–Crippen MR) is 90.7 cm³/mol. The molecule has 0 fully saturated rings. The molecule has 0 aliphatic rings. The molecule has 0 bridgehead atoms. The zero-order chi connectivity index (χ0) is 19.3. The number of ether oxygens (including phenoxy) is 1. The van der Waals surface area contributed by atoms with E-state index in [1.165, 1.54) is 12.1 Å². The quantitative estimate of drug-likeness (QED) is 0.680. The molecule has 26 heavy (non-hydrogen) atoms. The van der Waals surface area contributed by atoms with Crippen LogP contribution in [0.4, 0.5) is 14.5 Å². The average molecular weight is 385 g/mol. The molecule has 140 valence electrons. The van der Waals surface area contributed by atoms with Crippen molar-refractivity contribution in [3.05, 3.63) is 53.6 Å². The van der Waals surface area contributed by atoms with Crippen LogP contribution in [0, 0.1) is 18.6 Å². The summed E-state index contributed by atoms with van der Waals surface area (Å²) in [7, 11) is -4.19. The van der Waals surface area contributed by atoms with E-state index in [9.17, 15) is 22.0 Å². The summed E-state index contributed by atoms with van der Waals surface area (Å²) in [5.74, 6) is -2.87. The van der Waals surface area contributed by atoms with Gasteiger partial charge in [-0.25, -0.2) is 17.2 Å². The standard InChI is InChI=1S/C17H17F2NO5S/c1-11-4-6-13(18)15(9-11)20-26(23,24)12-5-7-16(14(19)10-12)25-8-2-3-17(21)22/h4-7,9-10,20H,2-3,8H2,1H3,(H,21,22). The third-order valence-corrected chi connectivity index (χ3v) is 4.74. The highest BCUT2D eigenvalue weighted by atomic mass is 32.2. The molecule has 2 N–H and O–H groups in total. The van der Waals surface area contributed by atoms with Crippen LogP contribution in [0.25, 0.3) is 0 Å². The summed E-state index contributed by atoms with van der Waals surface area (Å²) in [6, 6.07) is 6.93. The second-order valence-electron chi connectivity index (χ2n) is 5.53. The second kappa shape index (κ2) is 8.13. The number of benzene rings is 2. The number of hydrogen-bond donors (Lipinski definition) is 2. The summed E-state index contributed by atoms with van der Waals surface area (Å²) in [6.45, 7) is 1.65. The minimum Gasteiger partial charge on any atom is -0.491 e. The fourth-order valence-electron chi connectivity index (χ4n) is 2.09. The fourth-order valence-corrected chi connectivity index (χ4v) is 3.16. The van der Waals surface area contributed by atoms with E-state index < -0.39 is 32.5 Å². The smallest absolute Gasteiger partial charge is 0.303 e. The van der Waals surface area contributed by atoms with E-state index in [-0.39, 0.29) is 30.9 Å². The van der Waals surface area contributed by atoms with E-state index >= 15 is 0 Å². The molecular formula is C17H17F2NO5S. The van der Waals surface area contributed by atoms with Gasteiger partial charge in [-0.15, -0.1) is 0 Å². The van der Waals surface area contributed by atoms with Crippen LogP contribution in [0.1, 0.15) is 18.4 Å². The van der Waals surface area contributed by atoms with Crippen molar-refractivity contribution in [2.45, 2.75) is 24.7 Å². The van der Waals surface area contributed by atoms with Crippen molar-refractivity contribution in [2.75, 3.05) is 11.3 Å². The molecular weight excluding hydrogens is 368 g/mol. The van der Waals surface area contributed by atoms with Crippen LogP contribution in [0.15, 0.2) is 41.3 Å². The van der Waals surface area contributed by atoms with Crippen LogP contribution in [-0.4, -0.2) is 26.1 Å². The number of nitrogens with one attached hydrogen (secondary N) is 1. The van der Waals surface area contributed by atoms with Gasteiger partial charge in [-0.05, 0) is 49.2 Å². The molecule has 2 aromatic carbocycles. The van der Waals surface area contributed by atoms with Gasteiger partial charge >= 0.3 is 5.97 Å². The summed E-state index contributed by atoms with van der Waals surface area (Å²) >= 11 is 0. The van der Waals surface area contributed by atoms with Crippen molar-refractivity contribution in [2.24, 2.45) is 0 Å². The lowest BCUT2D eigenvalue weighted by Gasteiger charge is -2.11. The monoisotopic (exact) mass is 385 g/mol. The number of aryl methyl sites for hydroxylation is 1. The van der Waals surface area contributed by atoms with Gasteiger partial charge < -0.3 is 9.84 Å². The highest BCUT2D eigenvalue weighted by Crippen LogP contribution is 2.24. The van der Waals surface area contributed by atoms with Crippen molar-refractivity contribution in [1.29, 1.82) is 0 Å². The maximum atomic E-state index is 14.0. The Kier molecular flexibility index (Phi) is 6.14. The molecule has 0 saturated heterocycles. The molecule has 0 aliphatic carbocycles. The van der Waals surface area contributed by atoms with Crippen LogP contribution in [0.2, 0.25) is 0 Å². The molecule has 6 nitrogen and oxygen atoms in total. The van der Waals surface area contributed by atoms with Gasteiger partial charge in [-0.3, -0.25) is 9.52 Å². The molecule has 0 saturated carbocycles. The summed E-state index contributed by atoms with van der Waals surface area (Å²) in [5, 5.41) is 8.52. The van der Waals surface area contributed by atoms with Crippen LogP contribution >= 0.6 is 0 Å². The Morgan fingerprint density at radius 3 is 2.54 bits per heavy atom. The zero-order valence-electron chi connectivity index (χ0n) is 13.8. The SMILES string of the molecule is Cc1ccc(F)c(NS(=O)(=O)c2ccc(OCCCC(=O)O)c(F)c2)c1. The first-order valence-corrected chi connectivity index (χ1v) is 9.10. The minimum atomic E-state index is -4.19. The second-order valence-corrected chi connectivity index (χ2v) is 7.21. The predicted octanol–water partition coefficient (Wildman–Crippen LogP) is 3.32. The van der Waals surface area contributed by atoms with E-state index in [0.717, 1.165) is 24.3 Å². The summed E-state index contributed by atoms with van der Waals surface area (Å²) in [5.41, 5.74) is 0.416. The average Bonchev–Trinajstić information content (AvgIpc) is 2.55. The summed E-state index contributed by atoms with van der Waals surface area (Å²) in [6.07, 6.45) is 0.0586. The summed E-state index contributed by atoms with van der Waals surface area (Å²) in [4.78, 5) is 10.0. The third kappa shape index (κ3) is 5.16. The van der Waals surface area contributed by atoms with Gasteiger partial charge in [0.25, 0.3) is 10.0 Å². The number of halogens is 2. The zero-order valence-corrected chi connectivity index (χ0v) is 14.6. The van der Waals surface area contributed by atoms with E-state index in [1.807, 2.05) is 0 Å². The number of carboxylic acids is 1. The molecule has 0 unspecified atom stereocenters. The van der Waals surface area contributed by atoms with Gasteiger partial charge in [0.1, 0.15) is 5.82 Å². The van der Waals surface area contributed by atoms with Crippen molar-refractivity contribution in [3.8, 4) is 5.75 Å². The molecule has 0 aliphatic heterocycles. The van der Waals surface area contributed by atoms with Crippen molar-refractivity contribution in [1.82, 2.24) is 0 Å². The Bertz CT molecular complexity index is 915. The van der Waals surface area contributed by atoms with Gasteiger partial charge in [0.2, 0.25) is 0 Å². The molecule has 0 heterocycles. The first-order chi connectivity index (χ1) is 12.2. The van der Waals surface area contributed by atoms with E-state index in [1.54, 1.807) is 6.92 Å². The number of aliphatic carboxylic acids is 1. The Balaban J connectivity index is 2.13. The molecule has 0 radical (unpaired) electrons. The summed E-state index contributed by atoms with van der Waals surface area (Å²) < 4.78 is 59.6. The molecule has 2 rings (SSSR count). The fraction of sp³-hybridized carbons (Fsp3) is 0.235. The Morgan fingerprint density at radius 2 is 1.88 bits per heavy atom. The van der Waals surface area contributed by atoms with E-state index in [0.29, 0.717) is 5.56 Å². The Morgan fingerprint density at radius 1 is 1.15 bits per heavy atom. The van der Waals surface area contributed by atoms with Crippen molar-refractivity contribution < 1.29 is 31.8 Å². The van der Waals surface area contributed by atoms with Crippen LogP contribution in [0.5, 0.6) is 5.75 Å². The first-order valence-electron chi connectivity index (χ1n) is 7.62. The Hall–Kier alpha value is -2.68. The third-order valence-electron chi connectivity index (χ3n) is 3.37. The number of rotatable bonds is 8. The van der Waals surface area contributed by atoms with Gasteiger partial charge in [-0.2, -0.15) is 0 Å². The molecule has 0 atom stereocenters. The van der Waals surface area contributed by atoms with Crippen LogP contribution in [-0.2, 0) is 14.8 Å². The molecule has 0 amide bonds. The lowest BCUT2D eigenvalue weighted by atomic mass is 10.2. The lowest BCUT2D eigenvalue weighted by Crippen LogP contribution is -2.14. The maximum absolute atomic E-state index is 14.0. The van der Waals surface area contributed by atoms with Gasteiger partial charge in [-0.1, -0.05) is 6.07 Å². The van der Waals surface area contributed by atoms with E-state index in [2.05, 4.69) is 4.72 Å². The number of carboxylic acid groups (broad SMARTS) is 1. The molecule has 2 aromatic rings. The highest BCUT2D eigenvalue weighted by Gasteiger charge is 2.19. The van der Waals surface area contributed by atoms with Crippen LogP contribution < -0.4 is 9.46 Å². The molecule has 0 aromatic heterocycles. The molecule has 9 heteroatoms. The largest absolute Gasteiger partial charge is 0.491 e. The van der Waals surface area contributed by atoms with Crippen molar-refractivity contribution >= 4 is 21.7 Å². The van der Waals surface area contributed by atoms with Gasteiger partial charge in [0, 0.05) is 6.42 Å². The van der Waals surface area contributed by atoms with Gasteiger partial charge in [0.15, 0.2) is 11.6 Å². The van der Waals surface area contributed by atoms with Crippen molar-refractivity contribution in [3.63, 3.8) is 0 Å². The first kappa shape index (κ1) is 19.6. The topological polar surface area (TPSA) is 92.7 Å². The van der Waals surface area contributed by atoms with Crippen LogP contribution in [0.3, 0.4) is 0 Å². The maximum Gasteiger partial charge on any atom is 0.303 e. The minimum absolute atomic E-state index is 0.0257. The highest BCUT2D eigenvalue weighted by molar-refractivity contribution is 7.92. The van der Waals surface area contributed by atoms with E-state index in [4.69, 9.17) is 9.84 Å². The number of hydrogen-bond acceptors (Lipinski definition) is 4. The van der Waals surface area contributed by atoms with Gasteiger partial charge in [0.05, 0.1) is 17.2 Å². The number of anilines is 1. The lowest BCUT2D eigenvalue weighted by molar-refractivity contribution is -0.137.